The van der Waals surface area contributed by atoms with E-state index in [4.69, 9.17) is 4.74 Å². The second kappa shape index (κ2) is 7.57. The first kappa shape index (κ1) is 16.6. The summed E-state index contributed by atoms with van der Waals surface area (Å²) in [5.74, 6) is 1.13. The molecule has 3 rings (SSSR count). The minimum absolute atomic E-state index is 0.316. The van der Waals surface area contributed by atoms with Gasteiger partial charge in [0.2, 0.25) is 0 Å². The van der Waals surface area contributed by atoms with Gasteiger partial charge in [-0.3, -0.25) is 9.19 Å². The van der Waals surface area contributed by atoms with Gasteiger partial charge in [-0.15, -0.1) is 0 Å². The van der Waals surface area contributed by atoms with Crippen LogP contribution in [-0.2, 0) is 16.6 Å². The highest BCUT2D eigenvalue weighted by Gasteiger charge is 2.14. The maximum atomic E-state index is 12.6. The number of para-hydroxylation sites is 2. The van der Waals surface area contributed by atoms with Gasteiger partial charge in [0.25, 0.3) is 0 Å². The van der Waals surface area contributed by atoms with E-state index in [1.807, 2.05) is 37.3 Å². The number of ether oxygens (including phenoxy) is 1. The monoisotopic (exact) mass is 343 g/mol. The first-order chi connectivity index (χ1) is 11.7. The van der Waals surface area contributed by atoms with E-state index in [1.54, 1.807) is 6.20 Å². The zero-order valence-electron chi connectivity index (χ0n) is 13.9. The molecule has 1 atom stereocenters. The third-order valence-electron chi connectivity index (χ3n) is 3.87. The van der Waals surface area contributed by atoms with Gasteiger partial charge in [-0.2, -0.15) is 0 Å². The van der Waals surface area contributed by atoms with Crippen molar-refractivity contribution in [2.75, 3.05) is 6.61 Å². The molecule has 1 N–H and O–H groups in total. The molecule has 3 aromatic rings. The molecular weight excluding hydrogens is 322 g/mol. The fraction of sp³-hybridized carbons (Fsp3) is 0.333. The summed E-state index contributed by atoms with van der Waals surface area (Å²) >= 11 is 0. The van der Waals surface area contributed by atoms with Gasteiger partial charge in [-0.1, -0.05) is 25.5 Å². The molecule has 1 aromatic carbocycles. The number of nitrogens with zero attached hydrogens (tertiary/aromatic N) is 2. The lowest BCUT2D eigenvalue weighted by Gasteiger charge is -2.11. The molecule has 0 spiro atoms. The van der Waals surface area contributed by atoms with Crippen LogP contribution in [0.1, 0.15) is 31.0 Å². The van der Waals surface area contributed by atoms with Gasteiger partial charge < -0.3 is 9.72 Å². The highest BCUT2D eigenvalue weighted by molar-refractivity contribution is 7.84. The van der Waals surface area contributed by atoms with Crippen molar-refractivity contribution in [3.8, 4) is 5.75 Å². The fourth-order valence-electron chi connectivity index (χ4n) is 2.42. The SMILES string of the molecule is CCCCOc1ccnc(CS(=O)c2nc3ccccc3[nH]2)c1C. The minimum atomic E-state index is -1.28. The number of aromatic amines is 1. The van der Waals surface area contributed by atoms with Gasteiger partial charge in [0.05, 0.1) is 39.9 Å². The van der Waals surface area contributed by atoms with Crippen LogP contribution in [0.5, 0.6) is 5.75 Å². The molecule has 6 heteroatoms. The summed E-state index contributed by atoms with van der Waals surface area (Å²) < 4.78 is 18.4. The topological polar surface area (TPSA) is 67.9 Å². The smallest absolute Gasteiger partial charge is 0.197 e. The first-order valence-electron chi connectivity index (χ1n) is 8.09. The number of H-pyrrole nitrogens is 1. The Morgan fingerprint density at radius 2 is 2.08 bits per heavy atom. The van der Waals surface area contributed by atoms with Crippen molar-refractivity contribution in [1.82, 2.24) is 15.0 Å². The average Bonchev–Trinajstić information content (AvgIpc) is 3.02. The third kappa shape index (κ3) is 3.64. The van der Waals surface area contributed by atoms with Crippen molar-refractivity contribution in [2.45, 2.75) is 37.6 Å². The molecule has 0 saturated carbocycles. The molecule has 1 unspecified atom stereocenters. The zero-order valence-corrected chi connectivity index (χ0v) is 14.7. The molecule has 0 fully saturated rings. The number of hydrogen-bond donors (Lipinski definition) is 1. The number of rotatable bonds is 7. The number of unbranched alkanes of at least 4 members (excludes halogenated alkanes) is 1. The van der Waals surface area contributed by atoms with Crippen LogP contribution in [0, 0.1) is 6.92 Å². The summed E-state index contributed by atoms with van der Waals surface area (Å²) in [5, 5.41) is 0.481. The average molecular weight is 343 g/mol. The van der Waals surface area contributed by atoms with Gasteiger partial charge in [0.15, 0.2) is 5.16 Å². The lowest BCUT2D eigenvalue weighted by molar-refractivity contribution is 0.306. The standard InChI is InChI=1S/C18H21N3O2S/c1-3-4-11-23-17-9-10-19-16(13(17)2)12-24(22)18-20-14-7-5-6-8-15(14)21-18/h5-10H,3-4,11-12H2,1-2H3,(H,20,21). The molecule has 0 saturated heterocycles. The maximum absolute atomic E-state index is 12.6. The molecule has 0 aliphatic rings. The van der Waals surface area contributed by atoms with Crippen molar-refractivity contribution in [3.63, 3.8) is 0 Å². The van der Waals surface area contributed by atoms with Crippen molar-refractivity contribution in [3.05, 3.63) is 47.8 Å². The van der Waals surface area contributed by atoms with Crippen molar-refractivity contribution < 1.29 is 8.95 Å². The van der Waals surface area contributed by atoms with E-state index in [2.05, 4.69) is 21.9 Å². The number of imidazole rings is 1. The molecule has 5 nitrogen and oxygen atoms in total. The largest absolute Gasteiger partial charge is 0.493 e. The van der Waals surface area contributed by atoms with Crippen molar-refractivity contribution in [1.29, 1.82) is 0 Å². The van der Waals surface area contributed by atoms with E-state index >= 15 is 0 Å². The molecule has 2 heterocycles. The predicted molar refractivity (Wildman–Crippen MR) is 95.6 cm³/mol. The number of fused-ring (bicyclic) bond motifs is 1. The van der Waals surface area contributed by atoms with E-state index < -0.39 is 10.8 Å². The van der Waals surface area contributed by atoms with Crippen LogP contribution < -0.4 is 4.74 Å². The normalized spacial score (nSPS) is 12.4. The van der Waals surface area contributed by atoms with Crippen molar-refractivity contribution in [2.24, 2.45) is 0 Å². The van der Waals surface area contributed by atoms with Crippen LogP contribution in [0.15, 0.2) is 41.7 Å². The summed E-state index contributed by atoms with van der Waals surface area (Å²) in [5.41, 5.74) is 3.44. The summed E-state index contributed by atoms with van der Waals surface area (Å²) in [6, 6.07) is 9.53. The predicted octanol–water partition coefficient (Wildman–Crippen LogP) is 3.75. The zero-order chi connectivity index (χ0) is 16.9. The molecule has 2 aromatic heterocycles. The highest BCUT2D eigenvalue weighted by Crippen LogP contribution is 2.22. The molecule has 0 bridgehead atoms. The summed E-state index contributed by atoms with van der Waals surface area (Å²) in [7, 11) is -1.28. The molecule has 126 valence electrons. The second-order valence-electron chi connectivity index (χ2n) is 5.63. The summed E-state index contributed by atoms with van der Waals surface area (Å²) in [6.07, 6.45) is 3.81. The van der Waals surface area contributed by atoms with Crippen LogP contribution in [0.2, 0.25) is 0 Å². The Kier molecular flexibility index (Phi) is 5.25. The molecule has 0 aliphatic carbocycles. The Morgan fingerprint density at radius 1 is 1.25 bits per heavy atom. The lowest BCUT2D eigenvalue weighted by atomic mass is 10.2. The van der Waals surface area contributed by atoms with E-state index in [1.165, 1.54) is 0 Å². The van der Waals surface area contributed by atoms with E-state index in [0.29, 0.717) is 17.5 Å². The van der Waals surface area contributed by atoms with Gasteiger partial charge in [-0.25, -0.2) is 4.98 Å². The Balaban J connectivity index is 1.77. The summed E-state index contributed by atoms with van der Waals surface area (Å²) in [6.45, 7) is 4.78. The number of nitrogens with one attached hydrogen (secondary N) is 1. The van der Waals surface area contributed by atoms with Crippen molar-refractivity contribution >= 4 is 21.8 Å². The van der Waals surface area contributed by atoms with Crippen LogP contribution in [0.3, 0.4) is 0 Å². The lowest BCUT2D eigenvalue weighted by Crippen LogP contribution is -2.05. The highest BCUT2D eigenvalue weighted by atomic mass is 32.2. The van der Waals surface area contributed by atoms with Crippen LogP contribution in [-0.4, -0.2) is 25.8 Å². The van der Waals surface area contributed by atoms with Gasteiger partial charge in [0.1, 0.15) is 5.75 Å². The van der Waals surface area contributed by atoms with Crippen LogP contribution >= 0.6 is 0 Å². The van der Waals surface area contributed by atoms with Crippen LogP contribution in [0.25, 0.3) is 11.0 Å². The molecular formula is C18H21N3O2S. The van der Waals surface area contributed by atoms with Gasteiger partial charge in [0, 0.05) is 11.8 Å². The number of hydrogen-bond acceptors (Lipinski definition) is 4. The Hall–Kier alpha value is -2.21. The quantitative estimate of drug-likeness (QED) is 0.663. The van der Waals surface area contributed by atoms with Gasteiger partial charge >= 0.3 is 0 Å². The maximum Gasteiger partial charge on any atom is 0.197 e. The third-order valence-corrected chi connectivity index (χ3v) is 5.03. The number of benzene rings is 1. The molecule has 24 heavy (non-hydrogen) atoms. The fourth-order valence-corrected chi connectivity index (χ4v) is 3.52. The van der Waals surface area contributed by atoms with E-state index in [-0.39, 0.29) is 0 Å². The minimum Gasteiger partial charge on any atom is -0.493 e. The Morgan fingerprint density at radius 3 is 2.88 bits per heavy atom. The molecule has 0 radical (unpaired) electrons. The van der Waals surface area contributed by atoms with E-state index in [9.17, 15) is 4.21 Å². The molecule has 0 amide bonds. The number of pyridine rings is 1. The molecule has 0 aliphatic heterocycles. The number of aromatic nitrogens is 3. The Labute approximate surface area is 143 Å². The van der Waals surface area contributed by atoms with E-state index in [0.717, 1.165) is 40.9 Å². The first-order valence-corrected chi connectivity index (χ1v) is 9.41. The Bertz CT molecular complexity index is 827. The summed E-state index contributed by atoms with van der Waals surface area (Å²) in [4.78, 5) is 11.9. The second-order valence-corrected chi connectivity index (χ2v) is 7.00. The van der Waals surface area contributed by atoms with Gasteiger partial charge in [-0.05, 0) is 31.5 Å². The van der Waals surface area contributed by atoms with Crippen LogP contribution in [0.4, 0.5) is 0 Å².